The number of hydrogen-bond acceptors (Lipinski definition) is 7. The van der Waals surface area contributed by atoms with E-state index in [1.165, 1.54) is 0 Å². The first-order valence-corrected chi connectivity index (χ1v) is 12.8. The van der Waals surface area contributed by atoms with E-state index in [2.05, 4.69) is 0 Å². The lowest BCUT2D eigenvalue weighted by atomic mass is 9.69. The maximum atomic E-state index is 13.9. The molecule has 1 unspecified atom stereocenters. The Hall–Kier alpha value is -3.61. The second kappa shape index (κ2) is 11.6. The Morgan fingerprint density at radius 1 is 1.00 bits per heavy atom. The quantitative estimate of drug-likeness (QED) is 0.411. The third-order valence-electron chi connectivity index (χ3n) is 7.02. The van der Waals surface area contributed by atoms with Crippen LogP contribution in [0.2, 0.25) is 0 Å². The van der Waals surface area contributed by atoms with Gasteiger partial charge in [-0.15, -0.1) is 0 Å². The lowest BCUT2D eigenvalue weighted by Crippen LogP contribution is -2.38. The minimum absolute atomic E-state index is 0.0122. The van der Waals surface area contributed by atoms with Gasteiger partial charge in [0.1, 0.15) is 11.7 Å². The van der Waals surface area contributed by atoms with Gasteiger partial charge in [0.2, 0.25) is 0 Å². The van der Waals surface area contributed by atoms with Crippen molar-refractivity contribution < 1.29 is 28.5 Å². The SMILES string of the molecule is CCCOC(=O)C1C(C)=NC2=C(C(=O)C[C@H](c3ccc(OC)c(OC)c3)C2)[C@@H]1c1ccccc1OCC. The highest BCUT2D eigenvalue weighted by molar-refractivity contribution is 6.09. The minimum Gasteiger partial charge on any atom is -0.494 e. The summed E-state index contributed by atoms with van der Waals surface area (Å²) in [5, 5.41) is 0. The second-order valence-corrected chi connectivity index (χ2v) is 9.35. The summed E-state index contributed by atoms with van der Waals surface area (Å²) in [6.07, 6.45) is 1.61. The van der Waals surface area contributed by atoms with E-state index >= 15 is 0 Å². The van der Waals surface area contributed by atoms with E-state index in [0.717, 1.165) is 16.8 Å². The van der Waals surface area contributed by atoms with Crippen LogP contribution in [0.3, 0.4) is 0 Å². The number of allylic oxidation sites excluding steroid dienone is 2. The Kier molecular flexibility index (Phi) is 8.31. The molecule has 1 aliphatic carbocycles. The molecule has 3 atom stereocenters. The van der Waals surface area contributed by atoms with Gasteiger partial charge in [-0.05, 0) is 56.4 Å². The molecule has 2 aromatic carbocycles. The maximum Gasteiger partial charge on any atom is 0.315 e. The van der Waals surface area contributed by atoms with Crippen molar-refractivity contribution in [3.63, 3.8) is 0 Å². The molecule has 2 aliphatic rings. The molecule has 0 amide bonds. The van der Waals surface area contributed by atoms with E-state index in [1.54, 1.807) is 14.2 Å². The first-order chi connectivity index (χ1) is 17.9. The maximum absolute atomic E-state index is 13.9. The molecule has 4 rings (SSSR count). The number of ketones is 1. The van der Waals surface area contributed by atoms with Gasteiger partial charge in [-0.1, -0.05) is 31.2 Å². The monoisotopic (exact) mass is 505 g/mol. The summed E-state index contributed by atoms with van der Waals surface area (Å²) in [4.78, 5) is 32.0. The lowest BCUT2D eigenvalue weighted by Gasteiger charge is -2.37. The summed E-state index contributed by atoms with van der Waals surface area (Å²) in [6, 6.07) is 13.4. The lowest BCUT2D eigenvalue weighted by molar-refractivity contribution is -0.146. The van der Waals surface area contributed by atoms with Crippen LogP contribution < -0.4 is 14.2 Å². The normalized spacial score (nSPS) is 21.2. The summed E-state index contributed by atoms with van der Waals surface area (Å²) in [7, 11) is 3.20. The molecule has 0 N–H and O–H groups in total. The van der Waals surface area contributed by atoms with Gasteiger partial charge in [0.15, 0.2) is 17.3 Å². The highest BCUT2D eigenvalue weighted by atomic mass is 16.5. The van der Waals surface area contributed by atoms with Gasteiger partial charge in [-0.3, -0.25) is 14.6 Å². The molecule has 0 spiro atoms. The fraction of sp³-hybridized carbons (Fsp3) is 0.433. The van der Waals surface area contributed by atoms with Gasteiger partial charge in [-0.25, -0.2) is 0 Å². The van der Waals surface area contributed by atoms with E-state index in [-0.39, 0.29) is 17.7 Å². The average molecular weight is 506 g/mol. The van der Waals surface area contributed by atoms with Gasteiger partial charge >= 0.3 is 5.97 Å². The first-order valence-electron chi connectivity index (χ1n) is 12.8. The zero-order valence-electron chi connectivity index (χ0n) is 22.2. The fourth-order valence-electron chi connectivity index (χ4n) is 5.36. The molecule has 0 radical (unpaired) electrons. The number of ether oxygens (including phenoxy) is 4. The van der Waals surface area contributed by atoms with Crippen molar-refractivity contribution in [2.45, 2.75) is 51.9 Å². The van der Waals surface area contributed by atoms with Gasteiger partial charge in [-0.2, -0.15) is 0 Å². The van der Waals surface area contributed by atoms with Crippen molar-refractivity contribution in [2.75, 3.05) is 27.4 Å². The zero-order chi connectivity index (χ0) is 26.5. The minimum atomic E-state index is -0.687. The van der Waals surface area contributed by atoms with Crippen molar-refractivity contribution in [1.82, 2.24) is 0 Å². The van der Waals surface area contributed by atoms with Crippen LogP contribution in [-0.2, 0) is 14.3 Å². The van der Waals surface area contributed by atoms with Crippen LogP contribution in [0.25, 0.3) is 0 Å². The highest BCUT2D eigenvalue weighted by Crippen LogP contribution is 2.49. The number of para-hydroxylation sites is 1. The Morgan fingerprint density at radius 2 is 1.76 bits per heavy atom. The number of esters is 1. The van der Waals surface area contributed by atoms with Crippen LogP contribution in [0.15, 0.2) is 58.7 Å². The first kappa shape index (κ1) is 26.5. The van der Waals surface area contributed by atoms with Crippen LogP contribution in [-0.4, -0.2) is 44.9 Å². The number of carbonyl (C=O) groups is 2. The second-order valence-electron chi connectivity index (χ2n) is 9.35. The largest absolute Gasteiger partial charge is 0.494 e. The summed E-state index contributed by atoms with van der Waals surface area (Å²) in [5.74, 6) is 0.293. The Balaban J connectivity index is 1.80. The summed E-state index contributed by atoms with van der Waals surface area (Å²) < 4.78 is 22.4. The Labute approximate surface area is 218 Å². The van der Waals surface area contributed by atoms with E-state index < -0.39 is 11.8 Å². The number of rotatable bonds is 9. The van der Waals surface area contributed by atoms with Crippen LogP contribution >= 0.6 is 0 Å². The van der Waals surface area contributed by atoms with Gasteiger partial charge in [0.25, 0.3) is 0 Å². The standard InChI is InChI=1S/C30H35NO6/c1-6-14-37-30(33)27-18(3)31-22-15-20(19-12-13-25(34-4)26(17-19)35-5)16-23(32)29(22)28(27)21-10-8-9-11-24(21)36-7-2/h8-13,17,20,27-28H,6-7,14-16H2,1-5H3/t20-,27?,28-/m1/s1. The smallest absolute Gasteiger partial charge is 0.315 e. The molecule has 0 aromatic heterocycles. The van der Waals surface area contributed by atoms with E-state index in [1.807, 2.05) is 63.2 Å². The predicted octanol–water partition coefficient (Wildman–Crippen LogP) is 5.63. The molecule has 0 bridgehead atoms. The Morgan fingerprint density at radius 3 is 2.46 bits per heavy atom. The number of carbonyl (C=O) groups excluding carboxylic acids is 2. The summed E-state index contributed by atoms with van der Waals surface area (Å²) >= 11 is 0. The summed E-state index contributed by atoms with van der Waals surface area (Å²) in [5.41, 5.74) is 3.76. The van der Waals surface area contributed by atoms with Crippen molar-refractivity contribution >= 4 is 17.5 Å². The number of methoxy groups -OCH3 is 2. The molecule has 0 saturated heterocycles. The molecular weight excluding hydrogens is 470 g/mol. The zero-order valence-corrected chi connectivity index (χ0v) is 22.2. The molecule has 0 fully saturated rings. The van der Waals surface area contributed by atoms with E-state index in [0.29, 0.717) is 61.0 Å². The molecule has 196 valence electrons. The predicted molar refractivity (Wildman–Crippen MR) is 142 cm³/mol. The number of benzene rings is 2. The van der Waals surface area contributed by atoms with E-state index in [9.17, 15) is 9.59 Å². The van der Waals surface area contributed by atoms with Gasteiger partial charge in [0.05, 0.1) is 27.4 Å². The molecule has 7 heteroatoms. The fourth-order valence-corrected chi connectivity index (χ4v) is 5.36. The van der Waals surface area contributed by atoms with Gasteiger partial charge < -0.3 is 18.9 Å². The highest BCUT2D eigenvalue weighted by Gasteiger charge is 2.45. The molecule has 1 heterocycles. The molecule has 1 aliphatic heterocycles. The third-order valence-corrected chi connectivity index (χ3v) is 7.02. The Bertz CT molecular complexity index is 1230. The molecule has 2 aromatic rings. The molecule has 7 nitrogen and oxygen atoms in total. The van der Waals surface area contributed by atoms with Crippen LogP contribution in [0.1, 0.15) is 63.0 Å². The van der Waals surface area contributed by atoms with E-state index in [4.69, 9.17) is 23.9 Å². The van der Waals surface area contributed by atoms with Crippen LogP contribution in [0.5, 0.6) is 17.2 Å². The van der Waals surface area contributed by atoms with Crippen molar-refractivity contribution in [2.24, 2.45) is 10.9 Å². The molecule has 0 saturated carbocycles. The van der Waals surface area contributed by atoms with Crippen molar-refractivity contribution in [1.29, 1.82) is 0 Å². The third kappa shape index (κ3) is 5.26. The number of Topliss-reactive ketones (excluding diaryl/α,β-unsaturated/α-hetero) is 1. The number of hydrogen-bond donors (Lipinski definition) is 0. The van der Waals surface area contributed by atoms with Crippen molar-refractivity contribution in [3.05, 3.63) is 64.9 Å². The number of nitrogens with zero attached hydrogens (tertiary/aromatic N) is 1. The number of aliphatic imine (C=N–C) groups is 1. The van der Waals surface area contributed by atoms with Crippen LogP contribution in [0, 0.1) is 5.92 Å². The molecular formula is C30H35NO6. The van der Waals surface area contributed by atoms with Gasteiger partial charge in [0, 0.05) is 34.9 Å². The van der Waals surface area contributed by atoms with Crippen molar-refractivity contribution in [3.8, 4) is 17.2 Å². The topological polar surface area (TPSA) is 83.4 Å². The van der Waals surface area contributed by atoms with Crippen LogP contribution in [0.4, 0.5) is 0 Å². The molecule has 37 heavy (non-hydrogen) atoms. The average Bonchev–Trinajstić information content (AvgIpc) is 2.90. The summed E-state index contributed by atoms with van der Waals surface area (Å²) in [6.45, 7) is 6.52.